The Morgan fingerprint density at radius 2 is 1.86 bits per heavy atom. The molecule has 0 unspecified atom stereocenters. The molecular formula is C19H28BF3N2O3. The van der Waals surface area contributed by atoms with Gasteiger partial charge in [-0.05, 0) is 58.6 Å². The molecule has 0 saturated carbocycles. The van der Waals surface area contributed by atoms with Crippen LogP contribution in [0.1, 0.15) is 39.7 Å². The lowest BCUT2D eigenvalue weighted by molar-refractivity contribution is -0.340. The van der Waals surface area contributed by atoms with E-state index in [0.29, 0.717) is 19.6 Å². The molecule has 5 nitrogen and oxygen atoms in total. The summed E-state index contributed by atoms with van der Waals surface area (Å²) >= 11 is 0. The van der Waals surface area contributed by atoms with Gasteiger partial charge in [0.25, 0.3) is 0 Å². The van der Waals surface area contributed by atoms with Crippen LogP contribution in [0.5, 0.6) is 0 Å². The number of aryl methyl sites for hydroxylation is 1. The monoisotopic (exact) mass is 400 g/mol. The first-order valence-electron chi connectivity index (χ1n) is 9.53. The second-order valence-electron chi connectivity index (χ2n) is 8.55. The van der Waals surface area contributed by atoms with Crippen molar-refractivity contribution in [3.63, 3.8) is 0 Å². The lowest BCUT2D eigenvalue weighted by Gasteiger charge is -2.32. The third kappa shape index (κ3) is 4.82. The van der Waals surface area contributed by atoms with Gasteiger partial charge in [-0.2, -0.15) is 0 Å². The number of nitrogens with one attached hydrogen (secondary N) is 1. The van der Waals surface area contributed by atoms with Crippen LogP contribution in [0.15, 0.2) is 18.2 Å². The Kier molecular flexibility index (Phi) is 5.75. The van der Waals surface area contributed by atoms with Crippen LogP contribution in [-0.4, -0.2) is 55.4 Å². The third-order valence-corrected chi connectivity index (χ3v) is 5.82. The fraction of sp³-hybridized carbons (Fsp3) is 0.684. The minimum atomic E-state index is -4.58. The number of halogens is 3. The number of benzene rings is 1. The molecular weight excluding hydrogens is 372 g/mol. The lowest BCUT2D eigenvalue weighted by atomic mass is 9.76. The molecule has 28 heavy (non-hydrogen) atoms. The average molecular weight is 400 g/mol. The van der Waals surface area contributed by atoms with E-state index in [4.69, 9.17) is 9.31 Å². The van der Waals surface area contributed by atoms with E-state index >= 15 is 0 Å². The normalized spacial score (nSPS) is 24.7. The van der Waals surface area contributed by atoms with Crippen LogP contribution in [0.2, 0.25) is 0 Å². The molecule has 2 saturated heterocycles. The van der Waals surface area contributed by atoms with Gasteiger partial charge in [-0.1, -0.05) is 11.6 Å². The van der Waals surface area contributed by atoms with E-state index in [0.717, 1.165) is 16.7 Å². The van der Waals surface area contributed by atoms with Crippen molar-refractivity contribution in [3.8, 4) is 0 Å². The molecule has 0 aliphatic carbocycles. The summed E-state index contributed by atoms with van der Waals surface area (Å²) in [5, 5.41) is 3.28. The number of ether oxygens (including phenoxy) is 1. The lowest BCUT2D eigenvalue weighted by Crippen LogP contribution is -2.41. The Bertz CT molecular complexity index is 696. The molecule has 0 bridgehead atoms. The first-order valence-corrected chi connectivity index (χ1v) is 9.53. The van der Waals surface area contributed by atoms with Crippen LogP contribution in [0.3, 0.4) is 0 Å². The molecule has 1 aromatic carbocycles. The van der Waals surface area contributed by atoms with Gasteiger partial charge in [0.15, 0.2) is 0 Å². The van der Waals surface area contributed by atoms with Gasteiger partial charge in [0.1, 0.15) is 0 Å². The van der Waals surface area contributed by atoms with Crippen LogP contribution in [0.25, 0.3) is 0 Å². The quantitative estimate of drug-likeness (QED) is 0.769. The van der Waals surface area contributed by atoms with Crippen molar-refractivity contribution >= 4 is 18.3 Å². The van der Waals surface area contributed by atoms with Crippen molar-refractivity contribution in [3.05, 3.63) is 23.8 Å². The molecule has 1 atom stereocenters. The van der Waals surface area contributed by atoms with Crippen LogP contribution in [-0.2, 0) is 14.0 Å². The standard InChI is InChI=1S/C19H28BF3N2O3/c1-13-6-7-14(10-16(13)20-27-17(2,3)18(4,5)28-20)24-12-25-9-8-15(11-25)26-19(21,22)23/h6-7,10,15,24H,8-9,11-12H2,1-5H3/t15-/m1/s1. The molecule has 3 rings (SSSR count). The van der Waals surface area contributed by atoms with Crippen LogP contribution in [0, 0.1) is 6.92 Å². The van der Waals surface area contributed by atoms with Gasteiger partial charge in [-0.3, -0.25) is 9.64 Å². The van der Waals surface area contributed by atoms with Gasteiger partial charge in [0.2, 0.25) is 0 Å². The molecule has 2 fully saturated rings. The SMILES string of the molecule is Cc1ccc(NCN2CC[C@@H](OC(F)(F)F)C2)cc1B1OC(C)(C)C(C)(C)O1. The Labute approximate surface area is 164 Å². The molecule has 0 amide bonds. The molecule has 9 heteroatoms. The Morgan fingerprint density at radius 1 is 1.21 bits per heavy atom. The summed E-state index contributed by atoms with van der Waals surface area (Å²) in [5.74, 6) is 0. The smallest absolute Gasteiger partial charge is 0.399 e. The van der Waals surface area contributed by atoms with Crippen molar-refractivity contribution in [2.45, 2.75) is 64.7 Å². The number of alkyl halides is 3. The number of anilines is 1. The van der Waals surface area contributed by atoms with E-state index in [1.165, 1.54) is 0 Å². The predicted octanol–water partition coefficient (Wildman–Crippen LogP) is 3.27. The summed E-state index contributed by atoms with van der Waals surface area (Å²) in [5.41, 5.74) is 2.04. The van der Waals surface area contributed by atoms with Crippen LogP contribution >= 0.6 is 0 Å². The summed E-state index contributed by atoms with van der Waals surface area (Å²) in [6, 6.07) is 5.92. The molecule has 2 aliphatic heterocycles. The maximum Gasteiger partial charge on any atom is 0.522 e. The average Bonchev–Trinajstić information content (AvgIpc) is 3.06. The van der Waals surface area contributed by atoms with Crippen molar-refractivity contribution in [1.29, 1.82) is 0 Å². The number of hydrogen-bond donors (Lipinski definition) is 1. The maximum atomic E-state index is 12.3. The van der Waals surface area contributed by atoms with E-state index in [9.17, 15) is 13.2 Å². The second kappa shape index (κ2) is 7.52. The van der Waals surface area contributed by atoms with E-state index in [1.807, 2.05) is 57.7 Å². The topological polar surface area (TPSA) is 43.0 Å². The fourth-order valence-electron chi connectivity index (χ4n) is 3.40. The highest BCUT2D eigenvalue weighted by molar-refractivity contribution is 6.62. The Morgan fingerprint density at radius 3 is 2.46 bits per heavy atom. The number of likely N-dealkylation sites (tertiary alicyclic amines) is 1. The van der Waals surface area contributed by atoms with E-state index < -0.39 is 30.8 Å². The van der Waals surface area contributed by atoms with Crippen LogP contribution in [0.4, 0.5) is 18.9 Å². The van der Waals surface area contributed by atoms with Gasteiger partial charge in [0.05, 0.1) is 24.0 Å². The fourth-order valence-corrected chi connectivity index (χ4v) is 3.40. The summed E-state index contributed by atoms with van der Waals surface area (Å²) < 4.78 is 53.4. The van der Waals surface area contributed by atoms with Gasteiger partial charge >= 0.3 is 13.5 Å². The molecule has 156 valence electrons. The number of hydrogen-bond acceptors (Lipinski definition) is 5. The summed E-state index contributed by atoms with van der Waals surface area (Å²) in [7, 11) is -0.455. The summed E-state index contributed by atoms with van der Waals surface area (Å²) in [6.07, 6.45) is -5.02. The van der Waals surface area contributed by atoms with Gasteiger partial charge < -0.3 is 14.6 Å². The zero-order valence-corrected chi connectivity index (χ0v) is 17.0. The predicted molar refractivity (Wildman–Crippen MR) is 103 cm³/mol. The molecule has 0 aromatic heterocycles. The summed E-state index contributed by atoms with van der Waals surface area (Å²) in [4.78, 5) is 1.91. The highest BCUT2D eigenvalue weighted by Crippen LogP contribution is 2.36. The second-order valence-corrected chi connectivity index (χ2v) is 8.55. The minimum Gasteiger partial charge on any atom is -0.399 e. The van der Waals surface area contributed by atoms with Crippen molar-refractivity contribution in [1.82, 2.24) is 4.90 Å². The number of rotatable bonds is 5. The van der Waals surface area contributed by atoms with E-state index in [1.54, 1.807) is 0 Å². The highest BCUT2D eigenvalue weighted by Gasteiger charge is 2.52. The van der Waals surface area contributed by atoms with Crippen molar-refractivity contribution in [2.24, 2.45) is 0 Å². The Hall–Kier alpha value is -1.29. The zero-order chi connectivity index (χ0) is 20.7. The first kappa shape index (κ1) is 21.4. The molecule has 2 heterocycles. The number of nitrogens with zero attached hydrogens (tertiary/aromatic N) is 1. The van der Waals surface area contributed by atoms with Gasteiger partial charge in [-0.25, -0.2) is 0 Å². The molecule has 1 N–H and O–H groups in total. The van der Waals surface area contributed by atoms with Gasteiger partial charge in [-0.15, -0.1) is 13.2 Å². The minimum absolute atomic E-state index is 0.252. The van der Waals surface area contributed by atoms with E-state index in [2.05, 4.69) is 10.1 Å². The third-order valence-electron chi connectivity index (χ3n) is 5.82. The molecule has 1 aromatic rings. The molecule has 0 spiro atoms. The van der Waals surface area contributed by atoms with Crippen LogP contribution < -0.4 is 10.8 Å². The molecule has 0 radical (unpaired) electrons. The molecule has 2 aliphatic rings. The zero-order valence-electron chi connectivity index (χ0n) is 17.0. The van der Waals surface area contributed by atoms with Gasteiger partial charge in [0, 0.05) is 18.8 Å². The maximum absolute atomic E-state index is 12.3. The van der Waals surface area contributed by atoms with Crippen molar-refractivity contribution < 1.29 is 27.2 Å². The highest BCUT2D eigenvalue weighted by atomic mass is 19.4. The Balaban J connectivity index is 1.60. The van der Waals surface area contributed by atoms with E-state index in [-0.39, 0.29) is 6.54 Å². The summed E-state index contributed by atoms with van der Waals surface area (Å²) in [6.45, 7) is 11.3. The largest absolute Gasteiger partial charge is 0.522 e. The first-order chi connectivity index (χ1) is 12.9. The van der Waals surface area contributed by atoms with Crippen molar-refractivity contribution in [2.75, 3.05) is 25.1 Å².